The number of hydrogen-bond donors (Lipinski definition) is 3. The maximum Gasteiger partial charge on any atom is 0.273 e. The number of amides is 3. The van der Waals surface area contributed by atoms with Crippen LogP contribution in [0.2, 0.25) is 0 Å². The van der Waals surface area contributed by atoms with Gasteiger partial charge in [-0.1, -0.05) is 18.9 Å². The van der Waals surface area contributed by atoms with Crippen molar-refractivity contribution in [1.29, 1.82) is 0 Å². The first-order valence-electron chi connectivity index (χ1n) is 13.2. The number of nitrogen functional groups attached to an aromatic ring is 1. The van der Waals surface area contributed by atoms with Crippen LogP contribution in [0, 0.1) is 13.8 Å². The Hall–Kier alpha value is -4.32. The predicted octanol–water partition coefficient (Wildman–Crippen LogP) is 3.91. The van der Waals surface area contributed by atoms with Crippen LogP contribution in [0.1, 0.15) is 68.6 Å². The molecule has 218 valence electrons. The number of aryl methyl sites for hydroxylation is 2. The van der Waals surface area contributed by atoms with Crippen LogP contribution in [-0.4, -0.2) is 49.5 Å². The van der Waals surface area contributed by atoms with Gasteiger partial charge in [0.25, 0.3) is 11.8 Å². The Bertz CT molecular complexity index is 1440. The van der Waals surface area contributed by atoms with Gasteiger partial charge >= 0.3 is 0 Å². The summed E-state index contributed by atoms with van der Waals surface area (Å²) in [5.41, 5.74) is 14.1. The average Bonchev–Trinajstić information content (AvgIpc) is 3.61. The highest BCUT2D eigenvalue weighted by Gasteiger charge is 2.38. The molecule has 4 rings (SSSR count). The molecule has 0 aliphatic heterocycles. The zero-order valence-corrected chi connectivity index (χ0v) is 24.6. The van der Waals surface area contributed by atoms with E-state index in [1.165, 1.54) is 26.2 Å². The van der Waals surface area contributed by atoms with E-state index in [0.717, 1.165) is 48.3 Å². The van der Waals surface area contributed by atoms with Gasteiger partial charge < -0.3 is 31.0 Å². The molecule has 1 fully saturated rings. The van der Waals surface area contributed by atoms with Crippen molar-refractivity contribution in [3.8, 4) is 17.2 Å². The highest BCUT2D eigenvalue weighted by Crippen LogP contribution is 2.42. The highest BCUT2D eigenvalue weighted by atomic mass is 32.1. The molecule has 1 aliphatic rings. The third-order valence-corrected chi connectivity index (χ3v) is 8.20. The first kappa shape index (κ1) is 29.7. The van der Waals surface area contributed by atoms with E-state index in [4.69, 9.17) is 25.7 Å². The van der Waals surface area contributed by atoms with Crippen LogP contribution in [0.5, 0.6) is 17.2 Å². The molecule has 1 aromatic heterocycles. The lowest BCUT2D eigenvalue weighted by Gasteiger charge is -2.33. The summed E-state index contributed by atoms with van der Waals surface area (Å²) in [5.74, 6) is -0.874. The van der Waals surface area contributed by atoms with Crippen LogP contribution in [0.25, 0.3) is 0 Å². The lowest BCUT2D eigenvalue weighted by Crippen LogP contribution is -2.46. The standard InChI is InChI=1S/C29H35N5O6S/c1-15-10-11-19(12-16(15)2)34(29(37)26-22(30)23(27(31)35)33-41-26)24(28(36)32-18-8-6-7-9-18)17-13-20(38-3)25(40-5)21(14-17)39-4/h10-14,18,24H,6-9,30H2,1-5H3,(H2,31,35)(H,32,36)/t24-/m0/s1. The predicted molar refractivity (Wildman–Crippen MR) is 157 cm³/mol. The Labute approximate surface area is 242 Å². The molecule has 12 heteroatoms. The van der Waals surface area contributed by atoms with Crippen molar-refractivity contribution in [1.82, 2.24) is 9.69 Å². The zero-order valence-electron chi connectivity index (χ0n) is 23.8. The third kappa shape index (κ3) is 5.92. The van der Waals surface area contributed by atoms with Crippen LogP contribution in [0.4, 0.5) is 11.4 Å². The number of hydrogen-bond acceptors (Lipinski definition) is 9. The van der Waals surface area contributed by atoms with Crippen LogP contribution in [0.15, 0.2) is 30.3 Å². The van der Waals surface area contributed by atoms with Crippen molar-refractivity contribution in [2.75, 3.05) is 32.0 Å². The molecular weight excluding hydrogens is 546 g/mol. The van der Waals surface area contributed by atoms with E-state index in [1.807, 2.05) is 26.0 Å². The molecule has 3 aromatic rings. The fourth-order valence-electron chi connectivity index (χ4n) is 5.02. The van der Waals surface area contributed by atoms with E-state index in [9.17, 15) is 14.4 Å². The van der Waals surface area contributed by atoms with Crippen molar-refractivity contribution >= 4 is 40.6 Å². The minimum absolute atomic E-state index is 0.0110. The van der Waals surface area contributed by atoms with Gasteiger partial charge in [0, 0.05) is 11.7 Å². The van der Waals surface area contributed by atoms with E-state index < -0.39 is 23.8 Å². The van der Waals surface area contributed by atoms with Crippen molar-refractivity contribution in [3.63, 3.8) is 0 Å². The molecule has 2 aromatic carbocycles. The summed E-state index contributed by atoms with van der Waals surface area (Å²) in [7, 11) is 4.44. The summed E-state index contributed by atoms with van der Waals surface area (Å²) in [5, 5.41) is 3.14. The lowest BCUT2D eigenvalue weighted by molar-refractivity contribution is -0.123. The quantitative estimate of drug-likeness (QED) is 0.325. The summed E-state index contributed by atoms with van der Waals surface area (Å²) in [6.45, 7) is 3.87. The van der Waals surface area contributed by atoms with Gasteiger partial charge in [-0.3, -0.25) is 19.3 Å². The molecule has 1 atom stereocenters. The first-order valence-corrected chi connectivity index (χ1v) is 13.9. The number of carbonyl (C=O) groups excluding carboxylic acids is 3. The van der Waals surface area contributed by atoms with Crippen LogP contribution < -0.4 is 35.9 Å². The minimum atomic E-state index is -1.18. The Morgan fingerprint density at radius 2 is 1.63 bits per heavy atom. The molecule has 3 amide bonds. The molecule has 1 heterocycles. The number of carbonyl (C=O) groups is 3. The van der Waals surface area contributed by atoms with E-state index in [2.05, 4.69) is 9.69 Å². The average molecular weight is 582 g/mol. The monoisotopic (exact) mass is 581 g/mol. The van der Waals surface area contributed by atoms with E-state index in [-0.39, 0.29) is 22.3 Å². The summed E-state index contributed by atoms with van der Waals surface area (Å²) >= 11 is 0.753. The van der Waals surface area contributed by atoms with Gasteiger partial charge in [-0.25, -0.2) is 0 Å². The van der Waals surface area contributed by atoms with Crippen LogP contribution in [-0.2, 0) is 4.79 Å². The van der Waals surface area contributed by atoms with Gasteiger partial charge in [0.1, 0.15) is 10.9 Å². The van der Waals surface area contributed by atoms with Gasteiger partial charge in [0.2, 0.25) is 11.7 Å². The number of nitrogens with zero attached hydrogens (tertiary/aromatic N) is 2. The molecule has 0 unspecified atom stereocenters. The lowest BCUT2D eigenvalue weighted by atomic mass is 9.99. The Balaban J connectivity index is 1.97. The number of nitrogens with two attached hydrogens (primary N) is 2. The molecule has 5 N–H and O–H groups in total. The maximum atomic E-state index is 14.4. The summed E-state index contributed by atoms with van der Waals surface area (Å²) in [6.07, 6.45) is 3.70. The van der Waals surface area contributed by atoms with Crippen LogP contribution >= 0.6 is 11.5 Å². The number of aromatic nitrogens is 1. The molecule has 0 bridgehead atoms. The fraction of sp³-hybridized carbons (Fsp3) is 0.379. The second kappa shape index (κ2) is 12.5. The molecule has 0 radical (unpaired) electrons. The summed E-state index contributed by atoms with van der Waals surface area (Å²) in [6, 6.07) is 7.54. The normalized spacial score (nSPS) is 13.9. The van der Waals surface area contributed by atoms with Crippen molar-refractivity contribution in [2.24, 2.45) is 5.73 Å². The summed E-state index contributed by atoms with van der Waals surface area (Å²) in [4.78, 5) is 41.9. The molecular formula is C29H35N5O6S. The first-order chi connectivity index (χ1) is 19.6. The molecule has 0 spiro atoms. The van der Waals surface area contributed by atoms with Gasteiger partial charge in [-0.2, -0.15) is 4.37 Å². The fourth-order valence-corrected chi connectivity index (χ4v) is 5.77. The zero-order chi connectivity index (χ0) is 29.8. The van der Waals surface area contributed by atoms with E-state index in [0.29, 0.717) is 28.5 Å². The molecule has 11 nitrogen and oxygen atoms in total. The van der Waals surface area contributed by atoms with Gasteiger partial charge in [0.05, 0.1) is 27.0 Å². The van der Waals surface area contributed by atoms with Gasteiger partial charge in [-0.05, 0) is 79.2 Å². The smallest absolute Gasteiger partial charge is 0.273 e. The number of ether oxygens (including phenoxy) is 3. The van der Waals surface area contributed by atoms with Gasteiger partial charge in [-0.15, -0.1) is 0 Å². The Morgan fingerprint density at radius 1 is 1.00 bits per heavy atom. The number of anilines is 2. The number of rotatable bonds is 10. The topological polar surface area (TPSA) is 159 Å². The number of nitrogens with one attached hydrogen (secondary N) is 1. The van der Waals surface area contributed by atoms with Gasteiger partial charge in [0.15, 0.2) is 17.2 Å². The molecule has 1 saturated carbocycles. The Morgan fingerprint density at radius 3 is 2.15 bits per heavy atom. The molecule has 0 saturated heterocycles. The number of benzene rings is 2. The minimum Gasteiger partial charge on any atom is -0.493 e. The number of methoxy groups -OCH3 is 3. The molecule has 41 heavy (non-hydrogen) atoms. The van der Waals surface area contributed by atoms with Crippen LogP contribution in [0.3, 0.4) is 0 Å². The second-order valence-corrected chi connectivity index (χ2v) is 10.7. The van der Waals surface area contributed by atoms with Crippen molar-refractivity contribution < 1.29 is 28.6 Å². The second-order valence-electron chi connectivity index (χ2n) is 9.93. The van der Waals surface area contributed by atoms with Crippen molar-refractivity contribution in [3.05, 3.63) is 57.6 Å². The number of primary amides is 1. The largest absolute Gasteiger partial charge is 0.493 e. The third-order valence-electron chi connectivity index (χ3n) is 7.35. The maximum absolute atomic E-state index is 14.4. The SMILES string of the molecule is COc1cc([C@@H](C(=O)NC2CCCC2)N(C(=O)c2snc(C(N)=O)c2N)c2ccc(C)c(C)c2)cc(OC)c1OC. The summed E-state index contributed by atoms with van der Waals surface area (Å²) < 4.78 is 20.7. The Kier molecular flexibility index (Phi) is 9.01. The van der Waals surface area contributed by atoms with E-state index >= 15 is 0 Å². The molecule has 1 aliphatic carbocycles. The van der Waals surface area contributed by atoms with E-state index in [1.54, 1.807) is 18.2 Å². The van der Waals surface area contributed by atoms with Crippen molar-refractivity contribution in [2.45, 2.75) is 51.6 Å². The highest BCUT2D eigenvalue weighted by molar-refractivity contribution is 7.09.